The van der Waals surface area contributed by atoms with E-state index >= 15 is 0 Å². The highest BCUT2D eigenvalue weighted by Crippen LogP contribution is 2.33. The fourth-order valence-electron chi connectivity index (χ4n) is 2.33. The number of phenols is 1. The van der Waals surface area contributed by atoms with Gasteiger partial charge in [-0.3, -0.25) is 0 Å². The Morgan fingerprint density at radius 2 is 1.90 bits per heavy atom. The van der Waals surface area contributed by atoms with Crippen LogP contribution < -0.4 is 4.74 Å². The zero-order chi connectivity index (χ0) is 14.7. The van der Waals surface area contributed by atoms with Crippen molar-refractivity contribution in [3.8, 4) is 11.5 Å². The molecular formula is C18H16O3. The Morgan fingerprint density at radius 3 is 2.67 bits per heavy atom. The summed E-state index contributed by atoms with van der Waals surface area (Å²) in [6.45, 7) is 0. The number of hydrogen-bond donors (Lipinski definition) is 1. The largest absolute Gasteiger partial charge is 0.504 e. The van der Waals surface area contributed by atoms with Crippen LogP contribution in [0, 0.1) is 0 Å². The van der Waals surface area contributed by atoms with Crippen molar-refractivity contribution in [3.63, 3.8) is 0 Å². The summed E-state index contributed by atoms with van der Waals surface area (Å²) in [5, 5.41) is 9.66. The van der Waals surface area contributed by atoms with Gasteiger partial charge in [-0.25, -0.2) is 0 Å². The van der Waals surface area contributed by atoms with E-state index in [2.05, 4.69) is 18.2 Å². The Bertz CT molecular complexity index is 687. The molecule has 0 bridgehead atoms. The Kier molecular flexibility index (Phi) is 3.65. The minimum atomic E-state index is 0.118. The van der Waals surface area contributed by atoms with Gasteiger partial charge in [-0.15, -0.1) is 0 Å². The first-order valence-electron chi connectivity index (χ1n) is 6.75. The lowest BCUT2D eigenvalue weighted by atomic mass is 9.96. The summed E-state index contributed by atoms with van der Waals surface area (Å²) in [5.41, 5.74) is 2.08. The molecule has 0 spiro atoms. The Morgan fingerprint density at radius 1 is 1.10 bits per heavy atom. The summed E-state index contributed by atoms with van der Waals surface area (Å²) < 4.78 is 10.7. The molecule has 2 aromatic rings. The number of aromatic hydroxyl groups is 1. The number of allylic oxidation sites excluding steroid dienone is 2. The van der Waals surface area contributed by atoms with Crippen LogP contribution in [0.5, 0.6) is 11.5 Å². The molecule has 0 fully saturated rings. The molecule has 106 valence electrons. The van der Waals surface area contributed by atoms with Crippen molar-refractivity contribution in [3.05, 3.63) is 78.1 Å². The van der Waals surface area contributed by atoms with Gasteiger partial charge in [-0.05, 0) is 35.9 Å². The molecule has 1 atom stereocenters. The van der Waals surface area contributed by atoms with Crippen LogP contribution in [0.1, 0.15) is 17.0 Å². The van der Waals surface area contributed by atoms with Crippen LogP contribution in [-0.4, -0.2) is 12.2 Å². The molecule has 1 aliphatic rings. The predicted octanol–water partition coefficient (Wildman–Crippen LogP) is 4.07. The highest BCUT2D eigenvalue weighted by atomic mass is 16.5. The lowest BCUT2D eigenvalue weighted by Crippen LogP contribution is -2.00. The van der Waals surface area contributed by atoms with Gasteiger partial charge in [0.15, 0.2) is 11.5 Å². The van der Waals surface area contributed by atoms with Crippen LogP contribution in [0.25, 0.3) is 5.76 Å². The number of ether oxygens (including phenoxy) is 2. The van der Waals surface area contributed by atoms with Gasteiger partial charge in [0.05, 0.1) is 13.4 Å². The van der Waals surface area contributed by atoms with Crippen LogP contribution in [0.3, 0.4) is 0 Å². The van der Waals surface area contributed by atoms with E-state index in [4.69, 9.17) is 9.47 Å². The molecule has 1 aliphatic heterocycles. The third-order valence-electron chi connectivity index (χ3n) is 3.46. The molecule has 0 aliphatic carbocycles. The average Bonchev–Trinajstić information content (AvgIpc) is 2.56. The molecule has 0 saturated carbocycles. The summed E-state index contributed by atoms with van der Waals surface area (Å²) in [5.74, 6) is 1.48. The number of hydrogen-bond acceptors (Lipinski definition) is 3. The minimum Gasteiger partial charge on any atom is -0.504 e. The maximum atomic E-state index is 9.66. The molecule has 21 heavy (non-hydrogen) atoms. The Balaban J connectivity index is 1.94. The van der Waals surface area contributed by atoms with E-state index in [1.807, 2.05) is 30.3 Å². The highest BCUT2D eigenvalue weighted by molar-refractivity contribution is 5.66. The minimum absolute atomic E-state index is 0.118. The monoisotopic (exact) mass is 280 g/mol. The maximum absolute atomic E-state index is 9.66. The second-order valence-electron chi connectivity index (χ2n) is 4.80. The van der Waals surface area contributed by atoms with Gasteiger partial charge in [0, 0.05) is 11.5 Å². The molecule has 1 N–H and O–H groups in total. The zero-order valence-electron chi connectivity index (χ0n) is 11.7. The second-order valence-corrected chi connectivity index (χ2v) is 4.80. The van der Waals surface area contributed by atoms with Crippen LogP contribution in [0.2, 0.25) is 0 Å². The van der Waals surface area contributed by atoms with Crippen molar-refractivity contribution >= 4 is 5.76 Å². The first-order valence-corrected chi connectivity index (χ1v) is 6.75. The van der Waals surface area contributed by atoms with E-state index in [1.165, 1.54) is 12.7 Å². The fourth-order valence-corrected chi connectivity index (χ4v) is 2.33. The van der Waals surface area contributed by atoms with Crippen molar-refractivity contribution in [2.45, 2.75) is 5.92 Å². The molecule has 0 saturated heterocycles. The van der Waals surface area contributed by atoms with E-state index in [9.17, 15) is 5.11 Å². The van der Waals surface area contributed by atoms with Crippen molar-refractivity contribution < 1.29 is 14.6 Å². The van der Waals surface area contributed by atoms with Crippen molar-refractivity contribution in [2.24, 2.45) is 0 Å². The number of benzene rings is 2. The van der Waals surface area contributed by atoms with Gasteiger partial charge in [-0.1, -0.05) is 30.3 Å². The normalized spacial score (nSPS) is 17.0. The van der Waals surface area contributed by atoms with Crippen molar-refractivity contribution in [1.82, 2.24) is 0 Å². The first kappa shape index (κ1) is 13.3. The number of phenolic OH excluding ortho intramolecular Hbond substituents is 1. The molecule has 3 nitrogen and oxygen atoms in total. The quantitative estimate of drug-likeness (QED) is 0.921. The molecular weight excluding hydrogens is 264 g/mol. The van der Waals surface area contributed by atoms with E-state index in [0.29, 0.717) is 5.75 Å². The lowest BCUT2D eigenvalue weighted by molar-refractivity contribution is 0.372. The van der Waals surface area contributed by atoms with Crippen LogP contribution in [0.4, 0.5) is 0 Å². The number of methoxy groups -OCH3 is 1. The van der Waals surface area contributed by atoms with E-state index in [0.717, 1.165) is 11.3 Å². The molecule has 0 amide bonds. The highest BCUT2D eigenvalue weighted by Gasteiger charge is 2.14. The second kappa shape index (κ2) is 5.75. The van der Waals surface area contributed by atoms with Gasteiger partial charge >= 0.3 is 0 Å². The Labute approximate surface area is 123 Å². The van der Waals surface area contributed by atoms with Gasteiger partial charge in [0.2, 0.25) is 0 Å². The average molecular weight is 280 g/mol. The predicted molar refractivity (Wildman–Crippen MR) is 82.0 cm³/mol. The first-order chi connectivity index (χ1) is 10.3. The molecule has 2 aromatic carbocycles. The molecule has 0 radical (unpaired) electrons. The van der Waals surface area contributed by atoms with E-state index < -0.39 is 0 Å². The zero-order valence-corrected chi connectivity index (χ0v) is 11.7. The molecule has 0 aromatic heterocycles. The molecule has 3 rings (SSSR count). The maximum Gasteiger partial charge on any atom is 0.161 e. The third-order valence-corrected chi connectivity index (χ3v) is 3.46. The van der Waals surface area contributed by atoms with Gasteiger partial charge in [0.25, 0.3) is 0 Å². The number of rotatable bonds is 3. The van der Waals surface area contributed by atoms with E-state index in [-0.39, 0.29) is 11.7 Å². The van der Waals surface area contributed by atoms with Gasteiger partial charge < -0.3 is 14.6 Å². The third kappa shape index (κ3) is 2.77. The topological polar surface area (TPSA) is 38.7 Å². The summed E-state index contributed by atoms with van der Waals surface area (Å²) in [7, 11) is 1.53. The molecule has 3 heteroatoms. The van der Waals surface area contributed by atoms with Crippen molar-refractivity contribution in [2.75, 3.05) is 7.11 Å². The smallest absolute Gasteiger partial charge is 0.161 e. The summed E-state index contributed by atoms with van der Waals surface area (Å²) >= 11 is 0. The SMILES string of the molecule is COc1cc(C2=CC(c3ccccc3)C=CO2)ccc1O. The molecule has 1 unspecified atom stereocenters. The lowest BCUT2D eigenvalue weighted by Gasteiger charge is -2.17. The summed E-state index contributed by atoms with van der Waals surface area (Å²) in [4.78, 5) is 0. The van der Waals surface area contributed by atoms with Gasteiger partial charge in [-0.2, -0.15) is 0 Å². The fraction of sp³-hybridized carbons (Fsp3) is 0.111. The standard InChI is InChI=1S/C18H16O3/c1-20-18-12-15(7-8-16(18)19)17-11-14(9-10-21-17)13-5-3-2-4-6-13/h2-12,14,19H,1H3. The summed E-state index contributed by atoms with van der Waals surface area (Å²) in [6.07, 6.45) is 5.77. The Hall–Kier alpha value is -2.68. The van der Waals surface area contributed by atoms with E-state index in [1.54, 1.807) is 18.4 Å². The van der Waals surface area contributed by atoms with Crippen molar-refractivity contribution in [1.29, 1.82) is 0 Å². The molecule has 1 heterocycles. The summed E-state index contributed by atoms with van der Waals surface area (Å²) in [6, 6.07) is 15.4. The van der Waals surface area contributed by atoms with Crippen LogP contribution in [-0.2, 0) is 4.74 Å². The van der Waals surface area contributed by atoms with Gasteiger partial charge in [0.1, 0.15) is 5.76 Å². The van der Waals surface area contributed by atoms with Crippen LogP contribution >= 0.6 is 0 Å². The van der Waals surface area contributed by atoms with Crippen LogP contribution in [0.15, 0.2) is 66.9 Å².